The van der Waals surface area contributed by atoms with Crippen molar-refractivity contribution in [2.75, 3.05) is 5.73 Å². The van der Waals surface area contributed by atoms with Crippen LogP contribution in [0.25, 0.3) is 0 Å². The summed E-state index contributed by atoms with van der Waals surface area (Å²) < 4.78 is 0. The van der Waals surface area contributed by atoms with Gasteiger partial charge in [-0.3, -0.25) is 0 Å². The quantitative estimate of drug-likeness (QED) is 0.774. The van der Waals surface area contributed by atoms with Crippen molar-refractivity contribution in [3.63, 3.8) is 0 Å². The molecule has 1 heterocycles. The SMILES string of the molecule is Nc1ccccc1CNCc1ccsc1. The smallest absolute Gasteiger partial charge is 0.0359 e. The largest absolute Gasteiger partial charge is 0.398 e. The van der Waals surface area contributed by atoms with Crippen LogP contribution >= 0.6 is 11.3 Å². The normalized spacial score (nSPS) is 10.4. The van der Waals surface area contributed by atoms with Crippen LogP contribution in [0.15, 0.2) is 41.1 Å². The molecule has 1 aromatic heterocycles. The molecule has 0 aliphatic carbocycles. The van der Waals surface area contributed by atoms with Gasteiger partial charge in [0.05, 0.1) is 0 Å². The molecular weight excluding hydrogens is 204 g/mol. The van der Waals surface area contributed by atoms with E-state index >= 15 is 0 Å². The van der Waals surface area contributed by atoms with Crippen LogP contribution in [0.4, 0.5) is 5.69 Å². The van der Waals surface area contributed by atoms with Gasteiger partial charge in [-0.15, -0.1) is 0 Å². The number of benzene rings is 1. The zero-order valence-electron chi connectivity index (χ0n) is 8.44. The molecule has 0 atom stereocenters. The molecule has 0 amide bonds. The van der Waals surface area contributed by atoms with Crippen molar-refractivity contribution >= 4 is 17.0 Å². The zero-order chi connectivity index (χ0) is 10.5. The Hall–Kier alpha value is -1.32. The van der Waals surface area contributed by atoms with E-state index in [1.54, 1.807) is 11.3 Å². The van der Waals surface area contributed by atoms with Gasteiger partial charge < -0.3 is 11.1 Å². The first-order valence-corrected chi connectivity index (χ1v) is 5.86. The number of hydrogen-bond acceptors (Lipinski definition) is 3. The highest BCUT2D eigenvalue weighted by Gasteiger charge is 1.97. The van der Waals surface area contributed by atoms with Gasteiger partial charge >= 0.3 is 0 Å². The second kappa shape index (κ2) is 4.96. The number of nitrogen functional groups attached to an aromatic ring is 1. The van der Waals surface area contributed by atoms with Crippen LogP contribution in [0.3, 0.4) is 0 Å². The van der Waals surface area contributed by atoms with Crippen LogP contribution in [0.5, 0.6) is 0 Å². The molecule has 0 radical (unpaired) electrons. The summed E-state index contributed by atoms with van der Waals surface area (Å²) in [5, 5.41) is 7.62. The molecule has 3 heteroatoms. The Morgan fingerprint density at radius 3 is 2.73 bits per heavy atom. The molecule has 0 saturated heterocycles. The van der Waals surface area contributed by atoms with Gasteiger partial charge in [-0.25, -0.2) is 0 Å². The van der Waals surface area contributed by atoms with Crippen molar-refractivity contribution in [2.24, 2.45) is 0 Å². The molecule has 0 unspecified atom stereocenters. The molecule has 78 valence electrons. The van der Waals surface area contributed by atoms with Gasteiger partial charge in [-0.05, 0) is 34.0 Å². The van der Waals surface area contributed by atoms with Crippen molar-refractivity contribution in [1.29, 1.82) is 0 Å². The lowest BCUT2D eigenvalue weighted by atomic mass is 10.2. The monoisotopic (exact) mass is 218 g/mol. The summed E-state index contributed by atoms with van der Waals surface area (Å²) in [6, 6.07) is 10.1. The van der Waals surface area contributed by atoms with Gasteiger partial charge in [0.2, 0.25) is 0 Å². The first kappa shape index (κ1) is 10.2. The van der Waals surface area contributed by atoms with E-state index in [9.17, 15) is 0 Å². The Morgan fingerprint density at radius 1 is 1.13 bits per heavy atom. The average molecular weight is 218 g/mol. The third-order valence-electron chi connectivity index (χ3n) is 2.28. The summed E-state index contributed by atoms with van der Waals surface area (Å²) in [5.74, 6) is 0. The maximum atomic E-state index is 5.84. The lowest BCUT2D eigenvalue weighted by Crippen LogP contribution is -2.13. The fraction of sp³-hybridized carbons (Fsp3) is 0.167. The summed E-state index contributed by atoms with van der Waals surface area (Å²) in [6.07, 6.45) is 0. The number of thiophene rings is 1. The topological polar surface area (TPSA) is 38.0 Å². The predicted molar refractivity (Wildman–Crippen MR) is 65.7 cm³/mol. The van der Waals surface area contributed by atoms with Crippen molar-refractivity contribution in [3.8, 4) is 0 Å². The molecule has 0 aliphatic heterocycles. The molecule has 3 N–H and O–H groups in total. The second-order valence-electron chi connectivity index (χ2n) is 3.43. The van der Waals surface area contributed by atoms with Gasteiger partial charge in [-0.1, -0.05) is 18.2 Å². The van der Waals surface area contributed by atoms with Gasteiger partial charge in [0, 0.05) is 18.8 Å². The first-order valence-electron chi connectivity index (χ1n) is 4.91. The van der Waals surface area contributed by atoms with Gasteiger partial charge in [0.25, 0.3) is 0 Å². The van der Waals surface area contributed by atoms with E-state index in [2.05, 4.69) is 28.2 Å². The van der Waals surface area contributed by atoms with Gasteiger partial charge in [0.15, 0.2) is 0 Å². The molecule has 1 aromatic carbocycles. The van der Waals surface area contributed by atoms with Crippen LogP contribution in [-0.4, -0.2) is 0 Å². The summed E-state index contributed by atoms with van der Waals surface area (Å²) in [4.78, 5) is 0. The zero-order valence-corrected chi connectivity index (χ0v) is 9.26. The highest BCUT2D eigenvalue weighted by atomic mass is 32.1. The summed E-state index contributed by atoms with van der Waals surface area (Å²) in [7, 11) is 0. The van der Waals surface area contributed by atoms with Gasteiger partial charge in [-0.2, -0.15) is 11.3 Å². The maximum Gasteiger partial charge on any atom is 0.0359 e. The fourth-order valence-electron chi connectivity index (χ4n) is 1.43. The molecule has 0 saturated carbocycles. The number of rotatable bonds is 4. The average Bonchev–Trinajstić information content (AvgIpc) is 2.74. The van der Waals surface area contributed by atoms with Crippen molar-refractivity contribution in [1.82, 2.24) is 5.32 Å². The molecule has 0 fully saturated rings. The van der Waals surface area contributed by atoms with Crippen LogP contribution < -0.4 is 11.1 Å². The van der Waals surface area contributed by atoms with E-state index < -0.39 is 0 Å². The lowest BCUT2D eigenvalue weighted by Gasteiger charge is -2.06. The minimum Gasteiger partial charge on any atom is -0.398 e. The minimum absolute atomic E-state index is 0.822. The van der Waals surface area contributed by atoms with E-state index in [4.69, 9.17) is 5.73 Å². The number of anilines is 1. The standard InChI is InChI=1S/C12H14N2S/c13-12-4-2-1-3-11(12)8-14-7-10-5-6-15-9-10/h1-6,9,14H,7-8,13H2. The summed E-state index contributed by atoms with van der Waals surface area (Å²) in [5.41, 5.74) is 9.19. The first-order chi connectivity index (χ1) is 7.36. The Morgan fingerprint density at radius 2 is 2.00 bits per heavy atom. The molecule has 0 aliphatic rings. The number of para-hydroxylation sites is 1. The summed E-state index contributed by atoms with van der Waals surface area (Å²) in [6.45, 7) is 1.72. The van der Waals surface area contributed by atoms with E-state index in [0.29, 0.717) is 0 Å². The van der Waals surface area contributed by atoms with Crippen molar-refractivity contribution < 1.29 is 0 Å². The Labute approximate surface area is 93.7 Å². The maximum absolute atomic E-state index is 5.84. The molecule has 2 nitrogen and oxygen atoms in total. The molecule has 0 spiro atoms. The molecule has 15 heavy (non-hydrogen) atoms. The second-order valence-corrected chi connectivity index (χ2v) is 4.21. The van der Waals surface area contributed by atoms with E-state index in [0.717, 1.165) is 24.3 Å². The van der Waals surface area contributed by atoms with E-state index in [1.807, 2.05) is 18.2 Å². The van der Waals surface area contributed by atoms with E-state index in [1.165, 1.54) is 5.56 Å². The van der Waals surface area contributed by atoms with E-state index in [-0.39, 0.29) is 0 Å². The Bertz CT molecular complexity index is 409. The number of hydrogen-bond donors (Lipinski definition) is 2. The van der Waals surface area contributed by atoms with Crippen LogP contribution in [0.2, 0.25) is 0 Å². The highest BCUT2D eigenvalue weighted by molar-refractivity contribution is 7.07. The lowest BCUT2D eigenvalue weighted by molar-refractivity contribution is 0.696. The van der Waals surface area contributed by atoms with Crippen molar-refractivity contribution in [2.45, 2.75) is 13.1 Å². The van der Waals surface area contributed by atoms with Crippen LogP contribution in [0.1, 0.15) is 11.1 Å². The minimum atomic E-state index is 0.822. The van der Waals surface area contributed by atoms with Crippen LogP contribution in [0, 0.1) is 0 Å². The number of nitrogens with two attached hydrogens (primary N) is 1. The Kier molecular flexibility index (Phi) is 3.37. The fourth-order valence-corrected chi connectivity index (χ4v) is 2.10. The Balaban J connectivity index is 1.86. The molecule has 2 rings (SSSR count). The predicted octanol–water partition coefficient (Wildman–Crippen LogP) is 2.62. The number of nitrogens with one attached hydrogen (secondary N) is 1. The molecule has 0 bridgehead atoms. The third kappa shape index (κ3) is 2.81. The highest BCUT2D eigenvalue weighted by Crippen LogP contribution is 2.10. The third-order valence-corrected chi connectivity index (χ3v) is 3.01. The van der Waals surface area contributed by atoms with Crippen molar-refractivity contribution in [3.05, 3.63) is 52.2 Å². The summed E-state index contributed by atoms with van der Waals surface area (Å²) >= 11 is 1.72. The molecule has 2 aromatic rings. The molecular formula is C12H14N2S. The van der Waals surface area contributed by atoms with Crippen LogP contribution in [-0.2, 0) is 13.1 Å². The van der Waals surface area contributed by atoms with Gasteiger partial charge in [0.1, 0.15) is 0 Å².